The first-order valence-electron chi connectivity index (χ1n) is 15.4. The molecular weight excluding hydrogens is 496 g/mol. The highest BCUT2D eigenvalue weighted by atomic mass is 16.3. The summed E-state index contributed by atoms with van der Waals surface area (Å²) in [5, 5.41) is 10.3. The minimum atomic E-state index is -0.308. The van der Waals surface area contributed by atoms with Crippen molar-refractivity contribution in [1.29, 1.82) is 0 Å². The Morgan fingerprint density at radius 1 is 0.634 bits per heavy atom. The van der Waals surface area contributed by atoms with Crippen molar-refractivity contribution in [3.63, 3.8) is 0 Å². The van der Waals surface area contributed by atoms with Gasteiger partial charge in [-0.25, -0.2) is 0 Å². The standard InChI is InChI=1S/C40H56O/c1-30(18-13-20-32(3)23-25-36-34(5)22-15-28-39(36,7)8)16-11-12-17-31(2)19-14-21-33(4)24-26-37-35(6)38(41)27-29-40(37,9)10/h11-14,16-21,23-26,38,41H,15,22,27-29H2,1-10H3/b12-11+,18-13+,19-14+,25-23+,26-24+,30-16+,31-17+,32-20+,33-21+/t38-/m0/s1. The fourth-order valence-electron chi connectivity index (χ4n) is 5.70. The molecule has 0 bridgehead atoms. The molecule has 41 heavy (non-hydrogen) atoms. The van der Waals surface area contributed by atoms with Crippen LogP contribution >= 0.6 is 0 Å². The van der Waals surface area contributed by atoms with Gasteiger partial charge in [0.2, 0.25) is 0 Å². The molecule has 2 aliphatic rings. The molecule has 2 aliphatic carbocycles. The molecule has 0 radical (unpaired) electrons. The molecule has 0 aliphatic heterocycles. The molecule has 2 rings (SSSR count). The third-order valence-electron chi connectivity index (χ3n) is 8.53. The largest absolute Gasteiger partial charge is 0.389 e. The van der Waals surface area contributed by atoms with Crippen molar-refractivity contribution < 1.29 is 5.11 Å². The first kappa shape index (κ1) is 34.3. The van der Waals surface area contributed by atoms with E-state index in [-0.39, 0.29) is 16.9 Å². The van der Waals surface area contributed by atoms with Gasteiger partial charge in [0.1, 0.15) is 0 Å². The molecule has 0 heterocycles. The van der Waals surface area contributed by atoms with Crippen molar-refractivity contribution >= 4 is 0 Å². The Balaban J connectivity index is 1.90. The van der Waals surface area contributed by atoms with Crippen molar-refractivity contribution in [3.05, 3.63) is 130 Å². The maximum Gasteiger partial charge on any atom is 0.0753 e. The Morgan fingerprint density at radius 3 is 1.59 bits per heavy atom. The smallest absolute Gasteiger partial charge is 0.0753 e. The first-order chi connectivity index (χ1) is 19.2. The lowest BCUT2D eigenvalue weighted by Gasteiger charge is -2.35. The maximum absolute atomic E-state index is 10.3. The molecule has 0 saturated heterocycles. The molecule has 0 spiro atoms. The fourth-order valence-corrected chi connectivity index (χ4v) is 5.70. The van der Waals surface area contributed by atoms with Crippen LogP contribution in [0, 0.1) is 10.8 Å². The summed E-state index contributed by atoms with van der Waals surface area (Å²) < 4.78 is 0. The van der Waals surface area contributed by atoms with Gasteiger partial charge in [0.15, 0.2) is 0 Å². The zero-order valence-electron chi connectivity index (χ0n) is 27.6. The maximum atomic E-state index is 10.3. The van der Waals surface area contributed by atoms with Crippen LogP contribution in [0.15, 0.2) is 130 Å². The SMILES string of the molecule is CC1=C(/C=C/C(C)=C/C=C/C(C)=C/C=C/C=C(C)/C=C/C=C(C)/C=C/C2=C(C)[C@@H](O)CCC2(C)C)C(C)(C)CCC1. The van der Waals surface area contributed by atoms with Gasteiger partial charge in [-0.2, -0.15) is 0 Å². The third-order valence-corrected chi connectivity index (χ3v) is 8.53. The molecule has 0 amide bonds. The van der Waals surface area contributed by atoms with E-state index in [1.165, 1.54) is 52.7 Å². The second-order valence-electron chi connectivity index (χ2n) is 13.4. The summed E-state index contributed by atoms with van der Waals surface area (Å²) in [6, 6.07) is 0. The molecule has 1 N–H and O–H groups in total. The topological polar surface area (TPSA) is 20.2 Å². The van der Waals surface area contributed by atoms with E-state index < -0.39 is 0 Å². The highest BCUT2D eigenvalue weighted by Gasteiger charge is 2.30. The van der Waals surface area contributed by atoms with E-state index in [0.29, 0.717) is 0 Å². The number of hydrogen-bond acceptors (Lipinski definition) is 1. The summed E-state index contributed by atoms with van der Waals surface area (Å²) in [6.45, 7) is 22.1. The molecule has 0 fully saturated rings. The van der Waals surface area contributed by atoms with Gasteiger partial charge in [-0.3, -0.25) is 0 Å². The van der Waals surface area contributed by atoms with Gasteiger partial charge >= 0.3 is 0 Å². The van der Waals surface area contributed by atoms with Gasteiger partial charge < -0.3 is 5.11 Å². The molecule has 0 aromatic heterocycles. The van der Waals surface area contributed by atoms with E-state index in [0.717, 1.165) is 18.4 Å². The van der Waals surface area contributed by atoms with Gasteiger partial charge in [-0.15, -0.1) is 0 Å². The molecular formula is C40H56O. The minimum Gasteiger partial charge on any atom is -0.389 e. The predicted octanol–water partition coefficient (Wildman–Crippen LogP) is 11.6. The van der Waals surface area contributed by atoms with E-state index in [2.05, 4.69) is 154 Å². The molecule has 0 aromatic carbocycles. The lowest BCUT2D eigenvalue weighted by atomic mass is 9.71. The van der Waals surface area contributed by atoms with E-state index in [1.54, 1.807) is 5.57 Å². The van der Waals surface area contributed by atoms with Gasteiger partial charge in [-0.05, 0) is 101 Å². The number of allylic oxidation sites excluding steroid dienone is 21. The highest BCUT2D eigenvalue weighted by molar-refractivity contribution is 5.39. The quantitative estimate of drug-likeness (QED) is 0.267. The first-order valence-corrected chi connectivity index (χ1v) is 15.4. The van der Waals surface area contributed by atoms with Crippen LogP contribution in [-0.4, -0.2) is 11.2 Å². The van der Waals surface area contributed by atoms with Crippen LogP contribution in [0.3, 0.4) is 0 Å². The van der Waals surface area contributed by atoms with Crippen LogP contribution in [0.2, 0.25) is 0 Å². The molecule has 0 saturated carbocycles. The summed E-state index contributed by atoms with van der Waals surface area (Å²) in [4.78, 5) is 0. The van der Waals surface area contributed by atoms with E-state index in [4.69, 9.17) is 0 Å². The van der Waals surface area contributed by atoms with Crippen molar-refractivity contribution in [2.24, 2.45) is 10.8 Å². The Bertz CT molecular complexity index is 1250. The van der Waals surface area contributed by atoms with Crippen molar-refractivity contribution in [1.82, 2.24) is 0 Å². The fraction of sp³-hybridized carbons (Fsp3) is 0.450. The Hall–Kier alpha value is -2.90. The van der Waals surface area contributed by atoms with Gasteiger partial charge in [0.25, 0.3) is 0 Å². The van der Waals surface area contributed by atoms with Crippen LogP contribution in [0.25, 0.3) is 0 Å². The Labute approximate surface area is 252 Å². The van der Waals surface area contributed by atoms with E-state index >= 15 is 0 Å². The summed E-state index contributed by atoms with van der Waals surface area (Å²) in [6.07, 6.45) is 35.6. The number of aliphatic hydroxyl groups excluding tert-OH is 1. The summed E-state index contributed by atoms with van der Waals surface area (Å²) in [7, 11) is 0. The minimum absolute atomic E-state index is 0.112. The zero-order chi connectivity index (χ0) is 30.6. The van der Waals surface area contributed by atoms with Crippen LogP contribution in [0.5, 0.6) is 0 Å². The number of hydrogen-bond donors (Lipinski definition) is 1. The van der Waals surface area contributed by atoms with E-state index in [1.807, 2.05) is 0 Å². The van der Waals surface area contributed by atoms with Gasteiger partial charge in [0, 0.05) is 0 Å². The second-order valence-corrected chi connectivity index (χ2v) is 13.4. The molecule has 1 nitrogen and oxygen atoms in total. The Kier molecular flexibility index (Phi) is 13.3. The van der Waals surface area contributed by atoms with Crippen LogP contribution in [-0.2, 0) is 0 Å². The molecule has 1 atom stereocenters. The lowest BCUT2D eigenvalue weighted by Crippen LogP contribution is -2.27. The zero-order valence-corrected chi connectivity index (χ0v) is 27.6. The van der Waals surface area contributed by atoms with Gasteiger partial charge in [-0.1, -0.05) is 141 Å². The van der Waals surface area contributed by atoms with Crippen LogP contribution in [0.4, 0.5) is 0 Å². The summed E-state index contributed by atoms with van der Waals surface area (Å²) >= 11 is 0. The van der Waals surface area contributed by atoms with E-state index in [9.17, 15) is 5.11 Å². The second kappa shape index (κ2) is 15.9. The summed E-state index contributed by atoms with van der Waals surface area (Å²) in [5.41, 5.74) is 10.7. The average molecular weight is 553 g/mol. The number of rotatable bonds is 10. The molecule has 0 aromatic rings. The summed E-state index contributed by atoms with van der Waals surface area (Å²) in [5.74, 6) is 0. The molecule has 1 heteroatoms. The third kappa shape index (κ3) is 11.5. The van der Waals surface area contributed by atoms with Gasteiger partial charge in [0.05, 0.1) is 6.10 Å². The molecule has 222 valence electrons. The predicted molar refractivity (Wildman–Crippen MR) is 183 cm³/mol. The lowest BCUT2D eigenvalue weighted by molar-refractivity contribution is 0.163. The average Bonchev–Trinajstić information content (AvgIpc) is 2.88. The highest BCUT2D eigenvalue weighted by Crippen LogP contribution is 2.41. The van der Waals surface area contributed by atoms with Crippen molar-refractivity contribution in [2.45, 2.75) is 107 Å². The Morgan fingerprint density at radius 2 is 1.07 bits per heavy atom. The molecule has 0 unspecified atom stereocenters. The normalized spacial score (nSPS) is 23.5. The van der Waals surface area contributed by atoms with Crippen molar-refractivity contribution in [3.8, 4) is 0 Å². The van der Waals surface area contributed by atoms with Crippen molar-refractivity contribution in [2.75, 3.05) is 0 Å². The van der Waals surface area contributed by atoms with Crippen LogP contribution < -0.4 is 0 Å². The number of aliphatic hydroxyl groups is 1. The monoisotopic (exact) mass is 552 g/mol. The van der Waals surface area contributed by atoms with Crippen LogP contribution in [0.1, 0.15) is 101 Å².